The summed E-state index contributed by atoms with van der Waals surface area (Å²) < 4.78 is 11.4. The second-order valence-electron chi connectivity index (χ2n) is 6.94. The van der Waals surface area contributed by atoms with Gasteiger partial charge in [0.15, 0.2) is 0 Å². The summed E-state index contributed by atoms with van der Waals surface area (Å²) in [6.45, 7) is 9.68. The van der Waals surface area contributed by atoms with E-state index in [1.54, 1.807) is 0 Å². The van der Waals surface area contributed by atoms with E-state index in [1.807, 2.05) is 32.6 Å². The van der Waals surface area contributed by atoms with Crippen LogP contribution in [-0.4, -0.2) is 47.8 Å². The Morgan fingerprint density at radius 3 is 2.43 bits per heavy atom. The number of aliphatic hydroxyl groups excluding tert-OH is 1. The molecule has 0 radical (unpaired) electrons. The zero-order chi connectivity index (χ0) is 16.8. The first kappa shape index (κ1) is 16.5. The van der Waals surface area contributed by atoms with Gasteiger partial charge in [0.05, 0.1) is 17.8 Å². The van der Waals surface area contributed by atoms with Crippen LogP contribution in [-0.2, 0) is 4.74 Å². The minimum absolute atomic E-state index is 0.0495. The first-order valence-electron chi connectivity index (χ1n) is 8.56. The van der Waals surface area contributed by atoms with Gasteiger partial charge in [-0.2, -0.15) is 0 Å². The largest absolute Gasteiger partial charge is 0.466 e. The molecule has 1 amide bonds. The highest BCUT2D eigenvalue weighted by Gasteiger charge is 2.56. The van der Waals surface area contributed by atoms with Gasteiger partial charge >= 0.3 is 0 Å². The Morgan fingerprint density at radius 1 is 1.30 bits per heavy atom. The van der Waals surface area contributed by atoms with Crippen molar-refractivity contribution in [3.63, 3.8) is 0 Å². The van der Waals surface area contributed by atoms with E-state index < -0.39 is 0 Å². The van der Waals surface area contributed by atoms with Crippen molar-refractivity contribution in [2.45, 2.75) is 59.2 Å². The lowest BCUT2D eigenvalue weighted by Crippen LogP contribution is -2.62. The molecule has 1 aliphatic carbocycles. The number of carbonyl (C=O) groups excluding carboxylic acids is 1. The Labute approximate surface area is 137 Å². The van der Waals surface area contributed by atoms with Gasteiger partial charge in [0.1, 0.15) is 11.5 Å². The van der Waals surface area contributed by atoms with Gasteiger partial charge in [-0.25, -0.2) is 0 Å². The molecule has 1 spiro atoms. The van der Waals surface area contributed by atoms with Gasteiger partial charge in [-0.3, -0.25) is 4.79 Å². The fraction of sp³-hybridized carbons (Fsp3) is 0.722. The topological polar surface area (TPSA) is 62.9 Å². The van der Waals surface area contributed by atoms with E-state index in [2.05, 4.69) is 0 Å². The number of nitrogens with zero attached hydrogens (tertiary/aromatic N) is 1. The number of likely N-dealkylation sites (tertiary alicyclic amines) is 1. The molecule has 2 atom stereocenters. The van der Waals surface area contributed by atoms with E-state index >= 15 is 0 Å². The number of aryl methyl sites for hydroxylation is 2. The van der Waals surface area contributed by atoms with Crippen LogP contribution in [0, 0.1) is 26.2 Å². The van der Waals surface area contributed by atoms with Gasteiger partial charge in [0, 0.05) is 37.1 Å². The summed E-state index contributed by atoms with van der Waals surface area (Å²) in [6.07, 6.45) is 2.18. The van der Waals surface area contributed by atoms with E-state index in [0.717, 1.165) is 30.6 Å². The number of ether oxygens (including phenoxy) is 1. The third kappa shape index (κ3) is 2.50. The van der Waals surface area contributed by atoms with E-state index in [-0.39, 0.29) is 23.5 Å². The molecule has 0 unspecified atom stereocenters. The Hall–Kier alpha value is -1.33. The average molecular weight is 321 g/mol. The molecule has 3 rings (SSSR count). The monoisotopic (exact) mass is 321 g/mol. The van der Waals surface area contributed by atoms with Gasteiger partial charge in [0.2, 0.25) is 0 Å². The average Bonchev–Trinajstić information content (AvgIpc) is 2.79. The third-order valence-electron chi connectivity index (χ3n) is 5.87. The molecule has 5 nitrogen and oxygen atoms in total. The van der Waals surface area contributed by atoms with Crippen LogP contribution in [0.4, 0.5) is 0 Å². The molecule has 1 aromatic heterocycles. The maximum atomic E-state index is 12.8. The SMILES string of the molecule is CCO[C@@H]1C[C@@H](O)C12CCN(C(=O)c1c(C)oc(C)c1C)CC2. The number of carbonyl (C=O) groups is 1. The quantitative estimate of drug-likeness (QED) is 0.929. The maximum absolute atomic E-state index is 12.8. The summed E-state index contributed by atoms with van der Waals surface area (Å²) in [5.74, 6) is 1.56. The number of rotatable bonds is 3. The van der Waals surface area contributed by atoms with Gasteiger partial charge in [-0.1, -0.05) is 0 Å². The number of hydrogen-bond donors (Lipinski definition) is 1. The van der Waals surface area contributed by atoms with Crippen molar-refractivity contribution in [2.24, 2.45) is 5.41 Å². The van der Waals surface area contributed by atoms with Gasteiger partial charge in [-0.05, 0) is 40.5 Å². The third-order valence-corrected chi connectivity index (χ3v) is 5.87. The van der Waals surface area contributed by atoms with Crippen LogP contribution in [0.1, 0.15) is 53.6 Å². The van der Waals surface area contributed by atoms with E-state index in [0.29, 0.717) is 31.0 Å². The van der Waals surface area contributed by atoms with Crippen molar-refractivity contribution in [2.75, 3.05) is 19.7 Å². The Balaban J connectivity index is 1.70. The standard InChI is InChI=1S/C18H27NO4/c1-5-22-15-10-14(20)18(15)6-8-19(9-7-18)17(21)16-11(2)12(3)23-13(16)4/h14-15,20H,5-10H2,1-4H3/t14-,15-/m1/s1. The molecule has 1 aliphatic heterocycles. The number of aliphatic hydroxyl groups is 1. The molecule has 1 saturated carbocycles. The number of amides is 1. The molecular formula is C18H27NO4. The van der Waals surface area contributed by atoms with Gasteiger partial charge < -0.3 is 19.2 Å². The zero-order valence-corrected chi connectivity index (χ0v) is 14.5. The van der Waals surface area contributed by atoms with Crippen LogP contribution in [0.15, 0.2) is 4.42 Å². The molecule has 128 valence electrons. The lowest BCUT2D eigenvalue weighted by molar-refractivity contribution is -0.207. The van der Waals surface area contributed by atoms with E-state index in [1.165, 1.54) is 0 Å². The van der Waals surface area contributed by atoms with Crippen LogP contribution >= 0.6 is 0 Å². The predicted octanol–water partition coefficient (Wildman–Crippen LogP) is 2.60. The first-order valence-corrected chi connectivity index (χ1v) is 8.56. The molecule has 2 fully saturated rings. The minimum atomic E-state index is -0.295. The van der Waals surface area contributed by atoms with Gasteiger partial charge in [-0.15, -0.1) is 0 Å². The van der Waals surface area contributed by atoms with Crippen LogP contribution in [0.25, 0.3) is 0 Å². The molecular weight excluding hydrogens is 294 g/mol. The number of hydrogen-bond acceptors (Lipinski definition) is 4. The van der Waals surface area contributed by atoms with Crippen molar-refractivity contribution in [3.8, 4) is 0 Å². The minimum Gasteiger partial charge on any atom is -0.466 e. The highest BCUT2D eigenvalue weighted by molar-refractivity contribution is 5.97. The second-order valence-corrected chi connectivity index (χ2v) is 6.94. The molecule has 2 aliphatic rings. The highest BCUT2D eigenvalue weighted by atomic mass is 16.5. The van der Waals surface area contributed by atoms with E-state index in [4.69, 9.17) is 9.15 Å². The Bertz CT molecular complexity index is 596. The van der Waals surface area contributed by atoms with Crippen LogP contribution in [0.5, 0.6) is 0 Å². The van der Waals surface area contributed by atoms with Crippen molar-refractivity contribution in [3.05, 3.63) is 22.6 Å². The summed E-state index contributed by atoms with van der Waals surface area (Å²) in [5.41, 5.74) is 1.49. The number of furan rings is 1. The van der Waals surface area contributed by atoms with Crippen LogP contribution < -0.4 is 0 Å². The molecule has 5 heteroatoms. The molecule has 1 aromatic rings. The Morgan fingerprint density at radius 2 is 1.96 bits per heavy atom. The second kappa shape index (κ2) is 5.95. The molecule has 2 heterocycles. The molecule has 0 bridgehead atoms. The summed E-state index contributed by atoms with van der Waals surface area (Å²) in [5, 5.41) is 10.3. The van der Waals surface area contributed by atoms with Crippen LogP contribution in [0.3, 0.4) is 0 Å². The lowest BCUT2D eigenvalue weighted by Gasteiger charge is -2.56. The van der Waals surface area contributed by atoms with Gasteiger partial charge in [0.25, 0.3) is 5.91 Å². The molecule has 1 N–H and O–H groups in total. The summed E-state index contributed by atoms with van der Waals surface area (Å²) in [4.78, 5) is 14.7. The highest BCUT2D eigenvalue weighted by Crippen LogP contribution is 2.51. The zero-order valence-electron chi connectivity index (χ0n) is 14.5. The summed E-state index contributed by atoms with van der Waals surface area (Å²) in [7, 11) is 0. The van der Waals surface area contributed by atoms with Crippen LogP contribution in [0.2, 0.25) is 0 Å². The fourth-order valence-electron chi connectivity index (χ4n) is 4.21. The normalized spacial score (nSPS) is 26.4. The lowest BCUT2D eigenvalue weighted by atomic mass is 9.58. The van der Waals surface area contributed by atoms with Crippen molar-refractivity contribution in [1.29, 1.82) is 0 Å². The number of piperidine rings is 1. The van der Waals surface area contributed by atoms with Crippen molar-refractivity contribution >= 4 is 5.91 Å². The maximum Gasteiger partial charge on any atom is 0.257 e. The first-order chi connectivity index (χ1) is 10.9. The molecule has 0 aromatic carbocycles. The predicted molar refractivity (Wildman–Crippen MR) is 86.5 cm³/mol. The summed E-state index contributed by atoms with van der Waals surface area (Å²) in [6, 6.07) is 0. The van der Waals surface area contributed by atoms with Crippen molar-refractivity contribution in [1.82, 2.24) is 4.90 Å². The fourth-order valence-corrected chi connectivity index (χ4v) is 4.21. The van der Waals surface area contributed by atoms with Crippen molar-refractivity contribution < 1.29 is 19.1 Å². The smallest absolute Gasteiger partial charge is 0.257 e. The Kier molecular flexibility index (Phi) is 4.27. The summed E-state index contributed by atoms with van der Waals surface area (Å²) >= 11 is 0. The van der Waals surface area contributed by atoms with E-state index in [9.17, 15) is 9.90 Å². The molecule has 1 saturated heterocycles. The molecule has 23 heavy (non-hydrogen) atoms.